The Morgan fingerprint density at radius 3 is 2.13 bits per heavy atom. The summed E-state index contributed by atoms with van der Waals surface area (Å²) < 4.78 is -1.04. The average molecular weight is 249 g/mol. The van der Waals surface area contributed by atoms with Crippen molar-refractivity contribution in [3.63, 3.8) is 0 Å². The van der Waals surface area contributed by atoms with Crippen molar-refractivity contribution in [1.29, 1.82) is 0 Å². The van der Waals surface area contributed by atoms with Gasteiger partial charge in [-0.05, 0) is 49.9 Å². The maximum absolute atomic E-state index is 11.5. The van der Waals surface area contributed by atoms with E-state index in [4.69, 9.17) is 23.2 Å². The van der Waals surface area contributed by atoms with Crippen LogP contribution >= 0.6 is 23.2 Å². The van der Waals surface area contributed by atoms with E-state index in [2.05, 4.69) is 0 Å². The number of carboxylic acid groups (broad SMARTS) is 1. The minimum Gasteiger partial charge on any atom is -0.481 e. The van der Waals surface area contributed by atoms with Gasteiger partial charge in [-0.1, -0.05) is 0 Å². The number of alkyl halides is 2. The second-order valence-corrected chi connectivity index (χ2v) is 6.94. The van der Waals surface area contributed by atoms with Gasteiger partial charge in [0.2, 0.25) is 0 Å². The van der Waals surface area contributed by atoms with Gasteiger partial charge in [-0.3, -0.25) is 4.79 Å². The first-order chi connectivity index (χ1) is 6.96. The maximum Gasteiger partial charge on any atom is 0.312 e. The highest BCUT2D eigenvalue weighted by Gasteiger charge is 2.68. The van der Waals surface area contributed by atoms with Gasteiger partial charge in [-0.25, -0.2) is 0 Å². The third-order valence-electron chi connectivity index (χ3n) is 4.74. The summed E-state index contributed by atoms with van der Waals surface area (Å²) >= 11 is 12.7. The number of hydrogen-bond donors (Lipinski definition) is 1. The van der Waals surface area contributed by atoms with Crippen molar-refractivity contribution in [2.24, 2.45) is 23.2 Å². The van der Waals surface area contributed by atoms with Crippen LogP contribution in [0, 0.1) is 23.2 Å². The number of rotatable bonds is 1. The van der Waals surface area contributed by atoms with E-state index in [1.54, 1.807) is 0 Å². The SMILES string of the molecule is O=C(O)C12CC3CC(CC(C3)C1(Cl)Cl)C2. The van der Waals surface area contributed by atoms with Crippen molar-refractivity contribution in [2.75, 3.05) is 0 Å². The van der Waals surface area contributed by atoms with Gasteiger partial charge in [0.15, 0.2) is 0 Å². The first kappa shape index (κ1) is 10.2. The molecule has 2 unspecified atom stereocenters. The Balaban J connectivity index is 2.08. The molecule has 0 aromatic heterocycles. The number of carboxylic acids is 1. The zero-order valence-electron chi connectivity index (χ0n) is 8.38. The molecule has 0 heterocycles. The Morgan fingerprint density at radius 2 is 1.67 bits per heavy atom. The van der Waals surface area contributed by atoms with E-state index in [-0.39, 0.29) is 5.92 Å². The largest absolute Gasteiger partial charge is 0.481 e. The fourth-order valence-electron chi connectivity index (χ4n) is 4.24. The normalized spacial score (nSPS) is 50.7. The highest BCUT2D eigenvalue weighted by atomic mass is 35.5. The Bertz CT molecular complexity index is 313. The summed E-state index contributed by atoms with van der Waals surface area (Å²) in [5.41, 5.74) is -0.856. The van der Waals surface area contributed by atoms with Crippen LogP contribution in [-0.4, -0.2) is 15.4 Å². The molecule has 4 heteroatoms. The summed E-state index contributed by atoms with van der Waals surface area (Å²) in [6.07, 6.45) is 4.61. The monoisotopic (exact) mass is 248 g/mol. The van der Waals surface area contributed by atoms with Gasteiger partial charge < -0.3 is 5.11 Å². The van der Waals surface area contributed by atoms with E-state index < -0.39 is 15.7 Å². The smallest absolute Gasteiger partial charge is 0.312 e. The first-order valence-corrected chi connectivity index (χ1v) is 6.32. The lowest BCUT2D eigenvalue weighted by Crippen LogP contribution is -2.62. The molecule has 4 aliphatic rings. The van der Waals surface area contributed by atoms with Gasteiger partial charge in [0.05, 0.1) is 0 Å². The molecular formula is C11H14Cl2O2. The van der Waals surface area contributed by atoms with E-state index in [1.165, 1.54) is 6.42 Å². The molecule has 4 saturated carbocycles. The molecule has 0 spiro atoms. The van der Waals surface area contributed by atoms with Crippen LogP contribution in [0.4, 0.5) is 0 Å². The molecule has 4 bridgehead atoms. The van der Waals surface area contributed by atoms with Crippen LogP contribution in [0.3, 0.4) is 0 Å². The van der Waals surface area contributed by atoms with Crippen molar-refractivity contribution in [3.05, 3.63) is 0 Å². The standard InChI is InChI=1S/C11H14Cl2O2/c12-11(13)8-2-6-1-7(3-8)5-10(11,4-6)9(14)15/h6-8H,1-5H2,(H,14,15). The van der Waals surface area contributed by atoms with Crippen LogP contribution < -0.4 is 0 Å². The second kappa shape index (κ2) is 2.84. The summed E-state index contributed by atoms with van der Waals surface area (Å²) in [7, 11) is 0. The highest BCUT2D eigenvalue weighted by Crippen LogP contribution is 2.68. The summed E-state index contributed by atoms with van der Waals surface area (Å²) in [5.74, 6) is 0.503. The molecule has 4 aliphatic carbocycles. The van der Waals surface area contributed by atoms with E-state index in [0.717, 1.165) is 12.8 Å². The molecule has 0 amide bonds. The molecule has 0 aromatic carbocycles. The number of carbonyl (C=O) groups is 1. The van der Waals surface area contributed by atoms with Gasteiger partial charge in [0.25, 0.3) is 0 Å². The summed E-state index contributed by atoms with van der Waals surface area (Å²) in [6, 6.07) is 0. The minimum absolute atomic E-state index is 0.197. The topological polar surface area (TPSA) is 37.3 Å². The lowest BCUT2D eigenvalue weighted by molar-refractivity contribution is -0.166. The van der Waals surface area contributed by atoms with Crippen molar-refractivity contribution in [2.45, 2.75) is 36.4 Å². The van der Waals surface area contributed by atoms with Crippen LogP contribution in [0.2, 0.25) is 0 Å². The van der Waals surface area contributed by atoms with Gasteiger partial charge in [0, 0.05) is 0 Å². The van der Waals surface area contributed by atoms with Crippen LogP contribution in [-0.2, 0) is 4.79 Å². The molecule has 1 N–H and O–H groups in total. The molecular weight excluding hydrogens is 235 g/mol. The lowest BCUT2D eigenvalue weighted by atomic mass is 9.49. The lowest BCUT2D eigenvalue weighted by Gasteiger charge is -2.60. The predicted octanol–water partition coefficient (Wildman–Crippen LogP) is 3.07. The fraction of sp³-hybridized carbons (Fsp3) is 0.909. The molecule has 2 atom stereocenters. The second-order valence-electron chi connectivity index (χ2n) is 5.55. The summed E-state index contributed by atoms with van der Waals surface area (Å²) in [5, 5.41) is 9.45. The molecule has 0 saturated heterocycles. The van der Waals surface area contributed by atoms with Crippen molar-refractivity contribution in [3.8, 4) is 0 Å². The Labute approximate surface area is 98.9 Å². The first-order valence-electron chi connectivity index (χ1n) is 5.57. The van der Waals surface area contributed by atoms with E-state index in [0.29, 0.717) is 24.7 Å². The van der Waals surface area contributed by atoms with Crippen LogP contribution in [0.15, 0.2) is 0 Å². The van der Waals surface area contributed by atoms with Crippen molar-refractivity contribution in [1.82, 2.24) is 0 Å². The zero-order valence-corrected chi connectivity index (χ0v) is 9.89. The number of halogens is 2. The summed E-state index contributed by atoms with van der Waals surface area (Å²) in [4.78, 5) is 11.5. The Morgan fingerprint density at radius 1 is 1.13 bits per heavy atom. The number of aliphatic carboxylic acids is 1. The summed E-state index contributed by atoms with van der Waals surface area (Å²) in [6.45, 7) is 0. The van der Waals surface area contributed by atoms with Crippen LogP contribution in [0.25, 0.3) is 0 Å². The zero-order chi connectivity index (χ0) is 10.8. The molecule has 0 radical (unpaired) electrons. The minimum atomic E-state index is -1.04. The van der Waals surface area contributed by atoms with Crippen LogP contribution in [0.5, 0.6) is 0 Å². The van der Waals surface area contributed by atoms with Crippen molar-refractivity contribution < 1.29 is 9.90 Å². The molecule has 0 aliphatic heterocycles. The Kier molecular flexibility index (Phi) is 1.93. The van der Waals surface area contributed by atoms with Crippen LogP contribution in [0.1, 0.15) is 32.1 Å². The predicted molar refractivity (Wildman–Crippen MR) is 58.1 cm³/mol. The van der Waals surface area contributed by atoms with Gasteiger partial charge in [-0.15, -0.1) is 23.2 Å². The molecule has 2 nitrogen and oxygen atoms in total. The highest BCUT2D eigenvalue weighted by molar-refractivity contribution is 6.50. The molecule has 84 valence electrons. The van der Waals surface area contributed by atoms with Gasteiger partial charge in [0.1, 0.15) is 9.75 Å². The third-order valence-corrected chi connectivity index (χ3v) is 6.08. The van der Waals surface area contributed by atoms with E-state index >= 15 is 0 Å². The Hall–Kier alpha value is 0.0500. The third kappa shape index (κ3) is 1.10. The average Bonchev–Trinajstić information content (AvgIpc) is 2.13. The van der Waals surface area contributed by atoms with Crippen molar-refractivity contribution >= 4 is 29.2 Å². The fourth-order valence-corrected chi connectivity index (χ4v) is 5.07. The maximum atomic E-state index is 11.5. The van der Waals surface area contributed by atoms with E-state index in [9.17, 15) is 9.90 Å². The molecule has 4 fully saturated rings. The van der Waals surface area contributed by atoms with Gasteiger partial charge in [-0.2, -0.15) is 0 Å². The molecule has 4 rings (SSSR count). The van der Waals surface area contributed by atoms with Gasteiger partial charge >= 0.3 is 5.97 Å². The molecule has 0 aromatic rings. The quantitative estimate of drug-likeness (QED) is 0.725. The number of hydrogen-bond acceptors (Lipinski definition) is 1. The molecule has 15 heavy (non-hydrogen) atoms. The van der Waals surface area contributed by atoms with E-state index in [1.807, 2.05) is 0 Å².